The van der Waals surface area contributed by atoms with Gasteiger partial charge in [0, 0.05) is 0 Å². The minimum Gasteiger partial charge on any atom is -0.465 e. The Labute approximate surface area is 197 Å². The molecule has 1 aliphatic carbocycles. The van der Waals surface area contributed by atoms with Crippen molar-refractivity contribution in [1.82, 2.24) is 0 Å². The summed E-state index contributed by atoms with van der Waals surface area (Å²) in [5.41, 5.74) is 0. The highest BCUT2D eigenvalue weighted by Crippen LogP contribution is 2.28. The molecule has 0 aromatic carbocycles. The van der Waals surface area contributed by atoms with Gasteiger partial charge in [-0.15, -0.1) is 0 Å². The second kappa shape index (κ2) is 20.3. The number of hydrogen-bond acceptors (Lipinski definition) is 4. The fourth-order valence-corrected chi connectivity index (χ4v) is 4.37. The molecule has 0 saturated heterocycles. The Morgan fingerprint density at radius 1 is 0.562 bits per heavy atom. The van der Waals surface area contributed by atoms with E-state index in [1.165, 1.54) is 64.2 Å². The molecule has 0 aliphatic heterocycles. The molecule has 4 heteroatoms. The maximum Gasteiger partial charge on any atom is 0.310 e. The van der Waals surface area contributed by atoms with Crippen LogP contribution in [0.5, 0.6) is 0 Å². The number of unbranched alkanes of at least 4 members (excludes halogenated alkanes) is 14. The van der Waals surface area contributed by atoms with Gasteiger partial charge in [0.25, 0.3) is 0 Å². The standard InChI is InChI=1S/C28H50O4/c1-3-5-7-9-10-11-12-13-14-15-16-20-24-32-28(30)26-22-18-17-21-25(26)27(29)31-23-19-8-6-4-2/h17-18,25-26H,3-16,19-24H2,1-2H3. The van der Waals surface area contributed by atoms with Gasteiger partial charge in [-0.25, -0.2) is 0 Å². The van der Waals surface area contributed by atoms with E-state index in [9.17, 15) is 9.59 Å². The van der Waals surface area contributed by atoms with E-state index in [0.717, 1.165) is 38.5 Å². The number of ether oxygens (including phenoxy) is 2. The van der Waals surface area contributed by atoms with Crippen molar-refractivity contribution in [3.8, 4) is 0 Å². The zero-order valence-electron chi connectivity index (χ0n) is 21.1. The van der Waals surface area contributed by atoms with E-state index in [-0.39, 0.29) is 23.8 Å². The maximum atomic E-state index is 12.6. The second-order valence-corrected chi connectivity index (χ2v) is 9.44. The van der Waals surface area contributed by atoms with Crippen molar-refractivity contribution in [2.24, 2.45) is 11.8 Å². The van der Waals surface area contributed by atoms with Crippen molar-refractivity contribution in [3.63, 3.8) is 0 Å². The van der Waals surface area contributed by atoms with Crippen LogP contribution in [0.4, 0.5) is 0 Å². The largest absolute Gasteiger partial charge is 0.465 e. The van der Waals surface area contributed by atoms with Crippen LogP contribution in [0.2, 0.25) is 0 Å². The molecule has 0 bridgehead atoms. The van der Waals surface area contributed by atoms with E-state index >= 15 is 0 Å². The molecule has 1 rings (SSSR count). The van der Waals surface area contributed by atoms with Crippen molar-refractivity contribution in [2.45, 2.75) is 129 Å². The van der Waals surface area contributed by atoms with E-state index in [0.29, 0.717) is 26.1 Å². The monoisotopic (exact) mass is 450 g/mol. The SMILES string of the molecule is CCCCCCCCCCCCCCOC(=O)C1CC=CCC1C(=O)OCCCCCC. The Balaban J connectivity index is 2.09. The first-order valence-electron chi connectivity index (χ1n) is 13.7. The summed E-state index contributed by atoms with van der Waals surface area (Å²) in [6.45, 7) is 5.35. The molecule has 0 amide bonds. The summed E-state index contributed by atoms with van der Waals surface area (Å²) in [6.07, 6.45) is 24.9. The predicted molar refractivity (Wildman–Crippen MR) is 132 cm³/mol. The Kier molecular flexibility index (Phi) is 18.2. The summed E-state index contributed by atoms with van der Waals surface area (Å²) in [5.74, 6) is -1.25. The number of carbonyl (C=O) groups is 2. The molecule has 2 unspecified atom stereocenters. The van der Waals surface area contributed by atoms with Crippen LogP contribution in [0.25, 0.3) is 0 Å². The normalized spacial score (nSPS) is 17.9. The van der Waals surface area contributed by atoms with Crippen molar-refractivity contribution in [3.05, 3.63) is 12.2 Å². The third-order valence-electron chi connectivity index (χ3n) is 6.52. The molecule has 0 saturated carbocycles. The summed E-state index contributed by atoms with van der Waals surface area (Å²) in [4.78, 5) is 25.0. The quantitative estimate of drug-likeness (QED) is 0.107. The molecular weight excluding hydrogens is 400 g/mol. The summed E-state index contributed by atoms with van der Waals surface area (Å²) in [6, 6.07) is 0. The van der Waals surface area contributed by atoms with Gasteiger partial charge in [-0.05, 0) is 25.7 Å². The molecule has 4 nitrogen and oxygen atoms in total. The van der Waals surface area contributed by atoms with E-state index in [1.54, 1.807) is 0 Å². The predicted octanol–water partition coefficient (Wildman–Crippen LogP) is 7.94. The molecule has 186 valence electrons. The lowest BCUT2D eigenvalue weighted by molar-refractivity contribution is -0.161. The maximum absolute atomic E-state index is 12.6. The van der Waals surface area contributed by atoms with Gasteiger partial charge >= 0.3 is 11.9 Å². The van der Waals surface area contributed by atoms with Crippen LogP contribution in [0, 0.1) is 11.8 Å². The molecule has 0 radical (unpaired) electrons. The molecule has 0 N–H and O–H groups in total. The summed E-state index contributed by atoms with van der Waals surface area (Å²) < 4.78 is 11.0. The first kappa shape index (κ1) is 28.7. The van der Waals surface area contributed by atoms with Crippen LogP contribution in [0.3, 0.4) is 0 Å². The van der Waals surface area contributed by atoms with Gasteiger partial charge in [0.2, 0.25) is 0 Å². The third-order valence-corrected chi connectivity index (χ3v) is 6.52. The lowest BCUT2D eigenvalue weighted by Gasteiger charge is -2.25. The smallest absolute Gasteiger partial charge is 0.310 e. The number of allylic oxidation sites excluding steroid dienone is 2. The molecule has 0 aromatic heterocycles. The van der Waals surface area contributed by atoms with Gasteiger partial charge in [-0.3, -0.25) is 9.59 Å². The zero-order valence-corrected chi connectivity index (χ0v) is 21.1. The topological polar surface area (TPSA) is 52.6 Å². The lowest BCUT2D eigenvalue weighted by atomic mass is 9.83. The Hall–Kier alpha value is -1.32. The van der Waals surface area contributed by atoms with Crippen LogP contribution in [0.1, 0.15) is 129 Å². The summed E-state index contributed by atoms with van der Waals surface area (Å²) >= 11 is 0. The number of esters is 2. The molecular formula is C28H50O4. The van der Waals surface area contributed by atoms with Crippen molar-refractivity contribution >= 4 is 11.9 Å². The van der Waals surface area contributed by atoms with Crippen molar-refractivity contribution in [2.75, 3.05) is 13.2 Å². The number of carbonyl (C=O) groups excluding carboxylic acids is 2. The Morgan fingerprint density at radius 3 is 1.25 bits per heavy atom. The fraction of sp³-hybridized carbons (Fsp3) is 0.857. The van der Waals surface area contributed by atoms with Crippen LogP contribution in [-0.2, 0) is 19.1 Å². The molecule has 0 fully saturated rings. The number of rotatable bonds is 20. The van der Waals surface area contributed by atoms with Crippen LogP contribution in [0.15, 0.2) is 12.2 Å². The molecule has 0 spiro atoms. The van der Waals surface area contributed by atoms with Crippen LogP contribution < -0.4 is 0 Å². The molecule has 1 aliphatic rings. The zero-order chi connectivity index (χ0) is 23.3. The van der Waals surface area contributed by atoms with E-state index in [1.807, 2.05) is 12.2 Å². The van der Waals surface area contributed by atoms with Gasteiger partial charge in [0.05, 0.1) is 25.0 Å². The van der Waals surface area contributed by atoms with Crippen molar-refractivity contribution < 1.29 is 19.1 Å². The van der Waals surface area contributed by atoms with E-state index in [2.05, 4.69) is 13.8 Å². The van der Waals surface area contributed by atoms with Crippen molar-refractivity contribution in [1.29, 1.82) is 0 Å². The summed E-state index contributed by atoms with van der Waals surface area (Å²) in [5, 5.41) is 0. The third kappa shape index (κ3) is 14.0. The minimum absolute atomic E-state index is 0.231. The van der Waals surface area contributed by atoms with Crippen LogP contribution in [-0.4, -0.2) is 25.2 Å². The van der Waals surface area contributed by atoms with Gasteiger partial charge < -0.3 is 9.47 Å². The van der Waals surface area contributed by atoms with Gasteiger partial charge in [-0.1, -0.05) is 116 Å². The average Bonchev–Trinajstić information content (AvgIpc) is 2.81. The molecule has 2 atom stereocenters. The first-order chi connectivity index (χ1) is 15.7. The highest BCUT2D eigenvalue weighted by Gasteiger charge is 2.36. The molecule has 0 aromatic rings. The number of hydrogen-bond donors (Lipinski definition) is 0. The molecule has 0 heterocycles. The first-order valence-corrected chi connectivity index (χ1v) is 13.7. The average molecular weight is 451 g/mol. The van der Waals surface area contributed by atoms with Gasteiger partial charge in [0.1, 0.15) is 0 Å². The highest BCUT2D eigenvalue weighted by atomic mass is 16.5. The highest BCUT2D eigenvalue weighted by molar-refractivity contribution is 5.82. The van der Waals surface area contributed by atoms with Gasteiger partial charge in [0.15, 0.2) is 0 Å². The fourth-order valence-electron chi connectivity index (χ4n) is 4.37. The van der Waals surface area contributed by atoms with E-state index in [4.69, 9.17) is 9.47 Å². The Bertz CT molecular complexity index is 500. The molecule has 32 heavy (non-hydrogen) atoms. The second-order valence-electron chi connectivity index (χ2n) is 9.44. The van der Waals surface area contributed by atoms with E-state index < -0.39 is 0 Å². The minimum atomic E-state index is -0.388. The summed E-state index contributed by atoms with van der Waals surface area (Å²) in [7, 11) is 0. The van der Waals surface area contributed by atoms with Crippen LogP contribution >= 0.6 is 0 Å². The lowest BCUT2D eigenvalue weighted by Crippen LogP contribution is -2.34. The van der Waals surface area contributed by atoms with Gasteiger partial charge in [-0.2, -0.15) is 0 Å². The Morgan fingerprint density at radius 2 is 0.875 bits per heavy atom.